The number of ether oxygens (including phenoxy) is 2. The highest BCUT2D eigenvalue weighted by atomic mass is 31.2. The second-order valence-corrected chi connectivity index (χ2v) is 20.9. The van der Waals surface area contributed by atoms with Gasteiger partial charge in [0.25, 0.3) is 7.82 Å². The third-order valence-electron chi connectivity index (χ3n) is 11.5. The summed E-state index contributed by atoms with van der Waals surface area (Å²) in [5, 5.41) is 0. The average Bonchev–Trinajstić information content (AvgIpc) is 3.34. The minimum absolute atomic E-state index is 0.0429. The predicted molar refractivity (Wildman–Crippen MR) is 305 cm³/mol. The Morgan fingerprint density at radius 2 is 0.750 bits per heavy atom. The van der Waals surface area contributed by atoms with Crippen molar-refractivity contribution in [3.8, 4) is 0 Å². The van der Waals surface area contributed by atoms with Gasteiger partial charge >= 0.3 is 11.9 Å². The fraction of sp³-hybridized carbons (Fsp3) is 0.645. The van der Waals surface area contributed by atoms with Crippen LogP contribution in [0.4, 0.5) is 0 Å². The number of phosphoric ester groups is 1. The van der Waals surface area contributed by atoms with Crippen LogP contribution in [0, 0.1) is 0 Å². The molecule has 0 N–H and O–H groups in total. The minimum atomic E-state index is -4.65. The molecule has 0 aromatic heterocycles. The van der Waals surface area contributed by atoms with Gasteiger partial charge in [0.05, 0.1) is 27.7 Å². The second-order valence-electron chi connectivity index (χ2n) is 19.5. The smallest absolute Gasteiger partial charge is 0.306 e. The van der Waals surface area contributed by atoms with Crippen LogP contribution >= 0.6 is 7.82 Å². The monoisotopic (exact) mass is 1020 g/mol. The van der Waals surface area contributed by atoms with Gasteiger partial charge in [-0.15, -0.1) is 0 Å². The summed E-state index contributed by atoms with van der Waals surface area (Å²) in [6, 6.07) is 0. The Bertz CT molecular complexity index is 1630. The van der Waals surface area contributed by atoms with E-state index in [-0.39, 0.29) is 26.1 Å². The van der Waals surface area contributed by atoms with Gasteiger partial charge in [-0.2, -0.15) is 0 Å². The molecule has 0 fully saturated rings. The normalized spacial score (nSPS) is 14.2. The maximum Gasteiger partial charge on any atom is 0.306 e. The first-order valence-corrected chi connectivity index (χ1v) is 29.7. The van der Waals surface area contributed by atoms with Gasteiger partial charge in [-0.1, -0.05) is 212 Å². The molecule has 0 amide bonds. The molecule has 0 aliphatic heterocycles. The number of unbranched alkanes of at least 4 members (excludes halogenated alkanes) is 16. The fourth-order valence-corrected chi connectivity index (χ4v) is 7.91. The summed E-state index contributed by atoms with van der Waals surface area (Å²) in [6.45, 7) is 3.96. The highest BCUT2D eigenvalue weighted by Crippen LogP contribution is 2.38. The van der Waals surface area contributed by atoms with Crippen LogP contribution in [-0.2, 0) is 32.7 Å². The number of likely N-dealkylation sites (N-methyl/N-ethyl adjacent to an activating group) is 1. The zero-order chi connectivity index (χ0) is 52.7. The number of hydrogen-bond donors (Lipinski definition) is 0. The standard InChI is InChI=1S/C62H104NO8P/c1-6-8-10-12-14-16-18-20-22-24-26-27-28-29-30-31-32-33-34-35-37-39-41-43-45-47-49-51-53-55-62(65)71-60(59-70-72(66,67)69-57-56-63(3,4)5)58-68-61(64)54-52-50-48-46-44-42-40-38-36-25-23-21-19-17-15-13-11-9-7-2/h8-11,14-17,20-23,26-27,29-30,36,38,42,44,60H,6-7,12-13,18-19,24-25,28,31-35,37,39-41,43,45-59H2,1-5H3/b10-8-,11-9-,16-14-,17-15-,22-20-,23-21-,27-26-,30-29-,38-36-,44-42-. The Hall–Kier alpha value is -3.59. The van der Waals surface area contributed by atoms with Crippen LogP contribution in [0.1, 0.15) is 206 Å². The first kappa shape index (κ1) is 68.4. The summed E-state index contributed by atoms with van der Waals surface area (Å²) in [5.41, 5.74) is 0. The summed E-state index contributed by atoms with van der Waals surface area (Å²) < 4.78 is 34.1. The molecule has 0 aromatic rings. The van der Waals surface area contributed by atoms with E-state index < -0.39 is 32.5 Å². The van der Waals surface area contributed by atoms with Crippen LogP contribution in [0.15, 0.2) is 122 Å². The van der Waals surface area contributed by atoms with E-state index in [1.54, 1.807) is 0 Å². The Labute approximate surface area is 441 Å². The van der Waals surface area contributed by atoms with Gasteiger partial charge in [0, 0.05) is 12.8 Å². The van der Waals surface area contributed by atoms with Crippen molar-refractivity contribution in [2.75, 3.05) is 47.5 Å². The highest BCUT2D eigenvalue weighted by Gasteiger charge is 2.21. The van der Waals surface area contributed by atoms with E-state index >= 15 is 0 Å². The summed E-state index contributed by atoms with van der Waals surface area (Å²) in [4.78, 5) is 37.8. The number of carbonyl (C=O) groups excluding carboxylic acids is 2. The summed E-state index contributed by atoms with van der Waals surface area (Å²) in [5.74, 6) is -0.880. The first-order valence-electron chi connectivity index (χ1n) is 28.2. The van der Waals surface area contributed by atoms with Crippen molar-refractivity contribution in [3.63, 3.8) is 0 Å². The van der Waals surface area contributed by atoms with Crippen LogP contribution in [0.2, 0.25) is 0 Å². The fourth-order valence-electron chi connectivity index (χ4n) is 7.18. The van der Waals surface area contributed by atoms with Crippen LogP contribution in [0.25, 0.3) is 0 Å². The average molecular weight is 1020 g/mol. The number of carbonyl (C=O) groups is 2. The zero-order valence-electron chi connectivity index (χ0n) is 46.3. The van der Waals surface area contributed by atoms with Crippen molar-refractivity contribution in [2.24, 2.45) is 0 Å². The van der Waals surface area contributed by atoms with Crippen molar-refractivity contribution in [2.45, 2.75) is 213 Å². The number of hydrogen-bond acceptors (Lipinski definition) is 8. The molecule has 0 aliphatic rings. The maximum absolute atomic E-state index is 12.8. The topological polar surface area (TPSA) is 111 Å². The van der Waals surface area contributed by atoms with E-state index in [9.17, 15) is 19.0 Å². The van der Waals surface area contributed by atoms with Gasteiger partial charge in [0.2, 0.25) is 0 Å². The number of quaternary nitrogens is 1. The molecular formula is C62H104NO8P. The predicted octanol–water partition coefficient (Wildman–Crippen LogP) is 17.0. The van der Waals surface area contributed by atoms with E-state index in [0.717, 1.165) is 103 Å². The highest BCUT2D eigenvalue weighted by molar-refractivity contribution is 7.45. The molecular weight excluding hydrogens is 918 g/mol. The molecule has 0 spiro atoms. The van der Waals surface area contributed by atoms with Crippen molar-refractivity contribution in [1.82, 2.24) is 0 Å². The zero-order valence-corrected chi connectivity index (χ0v) is 47.2. The van der Waals surface area contributed by atoms with Gasteiger partial charge < -0.3 is 27.9 Å². The second kappa shape index (κ2) is 52.3. The van der Waals surface area contributed by atoms with Crippen LogP contribution in [0.3, 0.4) is 0 Å². The third-order valence-corrected chi connectivity index (χ3v) is 12.4. The molecule has 410 valence electrons. The van der Waals surface area contributed by atoms with Crippen molar-refractivity contribution < 1.29 is 42.1 Å². The Morgan fingerprint density at radius 3 is 1.12 bits per heavy atom. The lowest BCUT2D eigenvalue weighted by Crippen LogP contribution is -2.37. The van der Waals surface area contributed by atoms with E-state index in [0.29, 0.717) is 23.9 Å². The lowest BCUT2D eigenvalue weighted by atomic mass is 10.0. The van der Waals surface area contributed by atoms with E-state index in [2.05, 4.69) is 135 Å². The van der Waals surface area contributed by atoms with Gasteiger partial charge in [-0.3, -0.25) is 14.2 Å². The lowest BCUT2D eigenvalue weighted by Gasteiger charge is -2.28. The maximum atomic E-state index is 12.8. The van der Waals surface area contributed by atoms with E-state index in [1.807, 2.05) is 21.1 Å². The number of nitrogens with zero attached hydrogens (tertiary/aromatic N) is 1. The van der Waals surface area contributed by atoms with Crippen LogP contribution in [0.5, 0.6) is 0 Å². The molecule has 0 rings (SSSR count). The molecule has 2 unspecified atom stereocenters. The molecule has 0 aromatic carbocycles. The van der Waals surface area contributed by atoms with Gasteiger partial charge in [0.15, 0.2) is 6.10 Å². The van der Waals surface area contributed by atoms with Crippen molar-refractivity contribution in [3.05, 3.63) is 122 Å². The van der Waals surface area contributed by atoms with Gasteiger partial charge in [-0.05, 0) is 103 Å². The Balaban J connectivity index is 4.22. The quantitative estimate of drug-likeness (QED) is 0.0195. The third kappa shape index (κ3) is 55.7. The molecule has 72 heavy (non-hydrogen) atoms. The summed E-state index contributed by atoms with van der Waals surface area (Å²) >= 11 is 0. The largest absolute Gasteiger partial charge is 0.756 e. The van der Waals surface area contributed by atoms with Crippen molar-refractivity contribution >= 4 is 19.8 Å². The molecule has 0 saturated carbocycles. The molecule has 0 aliphatic carbocycles. The number of allylic oxidation sites excluding steroid dienone is 20. The molecule has 0 saturated heterocycles. The van der Waals surface area contributed by atoms with Crippen LogP contribution in [-0.4, -0.2) is 70.0 Å². The SMILES string of the molecule is CC/C=C\C/C=C\C/C=C\C/C=C\C/C=C\CCCCCCCCCCCCCCCC(=O)OC(COC(=O)CCCCC/C=C\C/C=C\C/C=C\C/C=C\C/C=C\CC)COP(=O)([O-])OCC[N+](C)(C)C. The molecule has 9 nitrogen and oxygen atoms in total. The summed E-state index contributed by atoms with van der Waals surface area (Å²) in [6.07, 6.45) is 73.8. The van der Waals surface area contributed by atoms with E-state index in [1.165, 1.54) is 64.2 Å². The molecule has 0 heterocycles. The molecule has 2 atom stereocenters. The van der Waals surface area contributed by atoms with Gasteiger partial charge in [-0.25, -0.2) is 0 Å². The molecule has 0 radical (unpaired) electrons. The number of esters is 2. The lowest BCUT2D eigenvalue weighted by molar-refractivity contribution is -0.870. The summed E-state index contributed by atoms with van der Waals surface area (Å²) in [7, 11) is 1.13. The Kier molecular flexibility index (Phi) is 49.7. The molecule has 0 bridgehead atoms. The Morgan fingerprint density at radius 1 is 0.431 bits per heavy atom. The minimum Gasteiger partial charge on any atom is -0.756 e. The number of rotatable bonds is 50. The van der Waals surface area contributed by atoms with E-state index in [4.69, 9.17) is 18.5 Å². The molecule has 10 heteroatoms. The van der Waals surface area contributed by atoms with Crippen LogP contribution < -0.4 is 4.89 Å². The first-order chi connectivity index (χ1) is 35.0. The van der Waals surface area contributed by atoms with Gasteiger partial charge in [0.1, 0.15) is 19.8 Å². The number of phosphoric acid groups is 1. The van der Waals surface area contributed by atoms with Crippen molar-refractivity contribution in [1.29, 1.82) is 0 Å².